The van der Waals surface area contributed by atoms with E-state index in [0.717, 1.165) is 29.2 Å². The molecule has 8 heteroatoms. The average molecular weight is 429 g/mol. The topological polar surface area (TPSA) is 77.8 Å². The fourth-order valence-corrected chi connectivity index (χ4v) is 5.18. The van der Waals surface area contributed by atoms with Crippen LogP contribution in [0.1, 0.15) is 23.0 Å². The molecule has 2 heterocycles. The zero-order valence-electron chi connectivity index (χ0n) is 16.8. The van der Waals surface area contributed by atoms with E-state index in [0.29, 0.717) is 24.1 Å². The fraction of sp³-hybridized carbons (Fsp3) is 0.318. The van der Waals surface area contributed by atoms with Crippen LogP contribution in [0.2, 0.25) is 0 Å². The van der Waals surface area contributed by atoms with Crippen molar-refractivity contribution in [3.63, 3.8) is 0 Å². The van der Waals surface area contributed by atoms with E-state index < -0.39 is 16.0 Å². The smallest absolute Gasteiger partial charge is 0.356 e. The van der Waals surface area contributed by atoms with E-state index in [1.165, 1.54) is 12.1 Å². The maximum atomic E-state index is 13.4. The summed E-state index contributed by atoms with van der Waals surface area (Å²) >= 11 is 0. The monoisotopic (exact) mass is 428 g/mol. The van der Waals surface area contributed by atoms with Gasteiger partial charge in [-0.1, -0.05) is 24.3 Å². The van der Waals surface area contributed by atoms with Crippen LogP contribution in [0.5, 0.6) is 0 Å². The van der Waals surface area contributed by atoms with Crippen LogP contribution in [0, 0.1) is 0 Å². The van der Waals surface area contributed by atoms with E-state index in [1.54, 1.807) is 37.3 Å². The van der Waals surface area contributed by atoms with Gasteiger partial charge < -0.3 is 9.47 Å². The minimum Gasteiger partial charge on any atom is -0.461 e. The van der Waals surface area contributed by atoms with E-state index in [2.05, 4.69) is 4.90 Å². The molecule has 0 radical (unpaired) electrons. The van der Waals surface area contributed by atoms with Crippen LogP contribution in [0.4, 0.5) is 0 Å². The van der Waals surface area contributed by atoms with Crippen molar-refractivity contribution in [2.24, 2.45) is 0 Å². The standard InChI is InChI=1S/C22H24N2O5S/c1-2-29-22(25)21-15-18-14-17(16-23-10-12-28-13-11-23)8-9-20(18)24(21)30(26,27)19-6-4-3-5-7-19/h3-9,14-15H,2,10-13,16H2,1H3. The van der Waals surface area contributed by atoms with Gasteiger partial charge in [0.2, 0.25) is 0 Å². The van der Waals surface area contributed by atoms with Gasteiger partial charge in [0.1, 0.15) is 5.69 Å². The number of aromatic nitrogens is 1. The molecule has 1 aliphatic heterocycles. The summed E-state index contributed by atoms with van der Waals surface area (Å²) in [5, 5.41) is 0.684. The number of morpholine rings is 1. The molecule has 1 saturated heterocycles. The van der Waals surface area contributed by atoms with Crippen molar-refractivity contribution in [1.29, 1.82) is 0 Å². The minimum atomic E-state index is -3.97. The van der Waals surface area contributed by atoms with Gasteiger partial charge in [0.05, 0.1) is 30.2 Å². The molecule has 0 bridgehead atoms. The van der Waals surface area contributed by atoms with Crippen molar-refractivity contribution >= 4 is 26.9 Å². The molecule has 1 aliphatic rings. The molecule has 0 atom stereocenters. The third-order valence-electron chi connectivity index (χ3n) is 5.10. The van der Waals surface area contributed by atoms with Gasteiger partial charge in [-0.25, -0.2) is 17.2 Å². The van der Waals surface area contributed by atoms with Crippen molar-refractivity contribution in [2.75, 3.05) is 32.9 Å². The first-order valence-electron chi connectivity index (χ1n) is 9.93. The number of fused-ring (bicyclic) bond motifs is 1. The predicted octanol–water partition coefficient (Wildman–Crippen LogP) is 2.89. The van der Waals surface area contributed by atoms with Gasteiger partial charge in [0, 0.05) is 25.0 Å². The summed E-state index contributed by atoms with van der Waals surface area (Å²) in [6.45, 7) is 5.72. The second-order valence-electron chi connectivity index (χ2n) is 7.11. The molecule has 0 spiro atoms. The van der Waals surface area contributed by atoms with E-state index >= 15 is 0 Å². The molecule has 0 aliphatic carbocycles. The summed E-state index contributed by atoms with van der Waals surface area (Å²) in [6.07, 6.45) is 0. The Hall–Kier alpha value is -2.68. The number of hydrogen-bond donors (Lipinski definition) is 0. The highest BCUT2D eigenvalue weighted by Crippen LogP contribution is 2.28. The SMILES string of the molecule is CCOC(=O)c1cc2cc(CN3CCOCC3)ccc2n1S(=O)(=O)c1ccccc1. The highest BCUT2D eigenvalue weighted by molar-refractivity contribution is 7.90. The van der Waals surface area contributed by atoms with E-state index in [4.69, 9.17) is 9.47 Å². The third kappa shape index (κ3) is 3.98. The van der Waals surface area contributed by atoms with Crippen LogP contribution in [0.3, 0.4) is 0 Å². The molecular weight excluding hydrogens is 404 g/mol. The Balaban J connectivity index is 1.81. The van der Waals surface area contributed by atoms with Crippen LogP contribution in [0.15, 0.2) is 59.5 Å². The Bertz CT molecular complexity index is 1150. The van der Waals surface area contributed by atoms with Gasteiger partial charge in [0.15, 0.2) is 0 Å². The Morgan fingerprint density at radius 2 is 1.80 bits per heavy atom. The molecule has 7 nitrogen and oxygen atoms in total. The van der Waals surface area contributed by atoms with E-state index in [9.17, 15) is 13.2 Å². The van der Waals surface area contributed by atoms with Crippen molar-refractivity contribution in [2.45, 2.75) is 18.4 Å². The molecular formula is C22H24N2O5S. The maximum Gasteiger partial charge on any atom is 0.356 e. The molecule has 0 amide bonds. The summed E-state index contributed by atoms with van der Waals surface area (Å²) in [7, 11) is -3.97. The second kappa shape index (κ2) is 8.59. The Kier molecular flexibility index (Phi) is 5.90. The molecule has 0 N–H and O–H groups in total. The quantitative estimate of drug-likeness (QED) is 0.562. The maximum absolute atomic E-state index is 13.4. The van der Waals surface area contributed by atoms with Gasteiger partial charge in [-0.05, 0) is 42.8 Å². The highest BCUT2D eigenvalue weighted by atomic mass is 32.2. The second-order valence-corrected chi connectivity index (χ2v) is 8.90. The number of ether oxygens (including phenoxy) is 2. The molecule has 158 valence electrons. The van der Waals surface area contributed by atoms with Crippen LogP contribution in [-0.2, 0) is 26.0 Å². The Morgan fingerprint density at radius 1 is 1.07 bits per heavy atom. The number of nitrogens with zero attached hydrogens (tertiary/aromatic N) is 2. The average Bonchev–Trinajstić information content (AvgIpc) is 3.15. The van der Waals surface area contributed by atoms with Crippen molar-refractivity contribution in [3.05, 3.63) is 65.9 Å². The van der Waals surface area contributed by atoms with E-state index in [-0.39, 0.29) is 17.2 Å². The molecule has 3 aromatic rings. The molecule has 30 heavy (non-hydrogen) atoms. The lowest BCUT2D eigenvalue weighted by Crippen LogP contribution is -2.35. The van der Waals surface area contributed by atoms with Gasteiger partial charge in [-0.15, -0.1) is 0 Å². The Labute approximate surface area is 175 Å². The van der Waals surface area contributed by atoms with Crippen molar-refractivity contribution < 1.29 is 22.7 Å². The van der Waals surface area contributed by atoms with Gasteiger partial charge in [-0.3, -0.25) is 4.90 Å². The van der Waals surface area contributed by atoms with Crippen LogP contribution >= 0.6 is 0 Å². The number of esters is 1. The number of benzene rings is 2. The lowest BCUT2D eigenvalue weighted by Gasteiger charge is -2.26. The minimum absolute atomic E-state index is 0.000717. The predicted molar refractivity (Wildman–Crippen MR) is 113 cm³/mol. The zero-order valence-corrected chi connectivity index (χ0v) is 17.6. The molecule has 1 fully saturated rings. The lowest BCUT2D eigenvalue weighted by molar-refractivity contribution is 0.0342. The van der Waals surface area contributed by atoms with Gasteiger partial charge >= 0.3 is 5.97 Å². The summed E-state index contributed by atoms with van der Waals surface area (Å²) in [5.74, 6) is -0.664. The zero-order chi connectivity index (χ0) is 21.1. The first kappa shape index (κ1) is 20.6. The largest absolute Gasteiger partial charge is 0.461 e. The molecule has 1 aromatic heterocycles. The number of carbonyl (C=O) groups excluding carboxylic acids is 1. The van der Waals surface area contributed by atoms with E-state index in [1.807, 2.05) is 12.1 Å². The lowest BCUT2D eigenvalue weighted by atomic mass is 10.1. The number of hydrogen-bond acceptors (Lipinski definition) is 6. The first-order chi connectivity index (χ1) is 14.5. The van der Waals surface area contributed by atoms with Crippen LogP contribution in [0.25, 0.3) is 10.9 Å². The molecule has 0 saturated carbocycles. The van der Waals surface area contributed by atoms with Crippen molar-refractivity contribution in [1.82, 2.24) is 8.87 Å². The summed E-state index contributed by atoms with van der Waals surface area (Å²) < 4.78 is 38.4. The summed E-state index contributed by atoms with van der Waals surface area (Å²) in [6, 6.07) is 15.3. The normalized spacial score (nSPS) is 15.4. The summed E-state index contributed by atoms with van der Waals surface area (Å²) in [5.41, 5.74) is 1.50. The number of carbonyl (C=O) groups is 1. The van der Waals surface area contributed by atoms with Gasteiger partial charge in [-0.2, -0.15) is 0 Å². The molecule has 2 aromatic carbocycles. The molecule has 0 unspecified atom stereocenters. The number of rotatable bonds is 6. The first-order valence-corrected chi connectivity index (χ1v) is 11.4. The Morgan fingerprint density at radius 3 is 2.50 bits per heavy atom. The van der Waals surface area contributed by atoms with Crippen LogP contribution < -0.4 is 0 Å². The third-order valence-corrected chi connectivity index (χ3v) is 6.84. The van der Waals surface area contributed by atoms with Crippen LogP contribution in [-0.4, -0.2) is 56.2 Å². The van der Waals surface area contributed by atoms with Gasteiger partial charge in [0.25, 0.3) is 10.0 Å². The summed E-state index contributed by atoms with van der Waals surface area (Å²) in [4.78, 5) is 15.0. The highest BCUT2D eigenvalue weighted by Gasteiger charge is 2.27. The van der Waals surface area contributed by atoms with Crippen molar-refractivity contribution in [3.8, 4) is 0 Å². The fourth-order valence-electron chi connectivity index (χ4n) is 3.66. The molecule has 4 rings (SSSR count).